The van der Waals surface area contributed by atoms with Crippen molar-refractivity contribution in [1.29, 1.82) is 0 Å². The fourth-order valence-electron chi connectivity index (χ4n) is 1.80. The van der Waals surface area contributed by atoms with Gasteiger partial charge in [0.05, 0.1) is 19.5 Å². The first-order chi connectivity index (χ1) is 12.0. The van der Waals surface area contributed by atoms with E-state index in [2.05, 4.69) is 31.3 Å². The van der Waals surface area contributed by atoms with Crippen LogP contribution in [0.2, 0.25) is 0 Å². The highest BCUT2D eigenvalue weighted by molar-refractivity contribution is 8.00. The SMILES string of the molecule is C=CCSCC(=O)NNC(=O)c1ccc(OCCC(C)C)c(OC)c1. The van der Waals surface area contributed by atoms with Crippen molar-refractivity contribution in [1.82, 2.24) is 10.9 Å². The van der Waals surface area contributed by atoms with Gasteiger partial charge < -0.3 is 9.47 Å². The summed E-state index contributed by atoms with van der Waals surface area (Å²) in [7, 11) is 1.52. The van der Waals surface area contributed by atoms with Gasteiger partial charge in [0, 0.05) is 11.3 Å². The van der Waals surface area contributed by atoms with Crippen LogP contribution in [0.5, 0.6) is 11.5 Å². The molecule has 25 heavy (non-hydrogen) atoms. The number of amides is 2. The zero-order valence-corrected chi connectivity index (χ0v) is 15.8. The van der Waals surface area contributed by atoms with Gasteiger partial charge in [-0.05, 0) is 30.5 Å². The Labute approximate surface area is 153 Å². The first-order valence-electron chi connectivity index (χ1n) is 8.06. The van der Waals surface area contributed by atoms with E-state index in [1.165, 1.54) is 18.9 Å². The van der Waals surface area contributed by atoms with Gasteiger partial charge >= 0.3 is 0 Å². The molecule has 2 N–H and O–H groups in total. The second-order valence-electron chi connectivity index (χ2n) is 5.70. The fraction of sp³-hybridized carbons (Fsp3) is 0.444. The second-order valence-corrected chi connectivity index (χ2v) is 6.73. The number of carbonyl (C=O) groups is 2. The lowest BCUT2D eigenvalue weighted by molar-refractivity contribution is -0.119. The van der Waals surface area contributed by atoms with Crippen LogP contribution in [0.25, 0.3) is 0 Å². The Balaban J connectivity index is 2.58. The Bertz CT molecular complexity index is 590. The number of benzene rings is 1. The Kier molecular flexibility index (Phi) is 9.54. The first kappa shape index (κ1) is 20.9. The molecule has 0 heterocycles. The minimum atomic E-state index is -0.422. The van der Waals surface area contributed by atoms with Gasteiger partial charge in [-0.25, -0.2) is 0 Å². The highest BCUT2D eigenvalue weighted by Gasteiger charge is 2.12. The van der Waals surface area contributed by atoms with Gasteiger partial charge in [-0.15, -0.1) is 18.3 Å². The molecule has 0 aliphatic carbocycles. The van der Waals surface area contributed by atoms with Crippen molar-refractivity contribution >= 4 is 23.6 Å². The largest absolute Gasteiger partial charge is 0.493 e. The summed E-state index contributed by atoms with van der Waals surface area (Å²) in [6, 6.07) is 4.90. The van der Waals surface area contributed by atoms with E-state index in [1.54, 1.807) is 24.3 Å². The smallest absolute Gasteiger partial charge is 0.269 e. The lowest BCUT2D eigenvalue weighted by Crippen LogP contribution is -2.42. The predicted octanol–water partition coefficient (Wildman–Crippen LogP) is 2.80. The summed E-state index contributed by atoms with van der Waals surface area (Å²) < 4.78 is 11.0. The average molecular weight is 366 g/mol. The maximum Gasteiger partial charge on any atom is 0.269 e. The van der Waals surface area contributed by atoms with E-state index in [4.69, 9.17) is 9.47 Å². The topological polar surface area (TPSA) is 76.7 Å². The van der Waals surface area contributed by atoms with Crippen LogP contribution in [0.15, 0.2) is 30.9 Å². The number of ether oxygens (including phenoxy) is 2. The molecule has 0 spiro atoms. The quantitative estimate of drug-likeness (QED) is 0.378. The zero-order chi connectivity index (χ0) is 18.7. The molecule has 0 atom stereocenters. The summed E-state index contributed by atoms with van der Waals surface area (Å²) in [5.41, 5.74) is 5.12. The van der Waals surface area contributed by atoms with Crippen molar-refractivity contribution in [2.75, 3.05) is 25.2 Å². The van der Waals surface area contributed by atoms with E-state index in [9.17, 15) is 9.59 Å². The zero-order valence-electron chi connectivity index (χ0n) is 15.0. The molecule has 6 nitrogen and oxygen atoms in total. The number of rotatable bonds is 10. The van der Waals surface area contributed by atoms with Crippen LogP contribution < -0.4 is 20.3 Å². The summed E-state index contributed by atoms with van der Waals surface area (Å²) >= 11 is 1.41. The van der Waals surface area contributed by atoms with Crippen LogP contribution in [-0.2, 0) is 4.79 Å². The average Bonchev–Trinajstić information content (AvgIpc) is 2.59. The maximum absolute atomic E-state index is 12.1. The number of nitrogens with one attached hydrogen (secondary N) is 2. The molecule has 138 valence electrons. The van der Waals surface area contributed by atoms with E-state index in [0.717, 1.165) is 6.42 Å². The number of hydrogen-bond donors (Lipinski definition) is 2. The molecule has 2 amide bonds. The maximum atomic E-state index is 12.1. The molecule has 0 unspecified atom stereocenters. The molecule has 0 saturated carbocycles. The summed E-state index contributed by atoms with van der Waals surface area (Å²) in [6.45, 7) is 8.41. The third-order valence-corrected chi connectivity index (χ3v) is 4.10. The van der Waals surface area contributed by atoms with Gasteiger partial charge in [-0.1, -0.05) is 19.9 Å². The minimum Gasteiger partial charge on any atom is -0.493 e. The highest BCUT2D eigenvalue weighted by atomic mass is 32.2. The third-order valence-electron chi connectivity index (χ3n) is 3.16. The van der Waals surface area contributed by atoms with Crippen LogP contribution in [0, 0.1) is 5.92 Å². The normalized spacial score (nSPS) is 10.2. The molecule has 0 bridgehead atoms. The Hall–Kier alpha value is -2.15. The molecule has 0 aliphatic rings. The number of methoxy groups -OCH3 is 1. The molecular formula is C18H26N2O4S. The lowest BCUT2D eigenvalue weighted by atomic mass is 10.1. The third kappa shape index (κ3) is 7.98. The Morgan fingerprint density at radius 2 is 2.04 bits per heavy atom. The molecule has 0 saturated heterocycles. The van der Waals surface area contributed by atoms with Crippen LogP contribution in [0.4, 0.5) is 0 Å². The van der Waals surface area contributed by atoms with E-state index < -0.39 is 5.91 Å². The number of hydrazine groups is 1. The summed E-state index contributed by atoms with van der Waals surface area (Å²) in [6.07, 6.45) is 2.65. The summed E-state index contributed by atoms with van der Waals surface area (Å²) in [4.78, 5) is 23.7. The van der Waals surface area contributed by atoms with Gasteiger partial charge in [0.2, 0.25) is 5.91 Å². The van der Waals surface area contributed by atoms with E-state index in [0.29, 0.717) is 35.3 Å². The molecule has 1 aromatic rings. The van der Waals surface area contributed by atoms with Crippen molar-refractivity contribution in [3.63, 3.8) is 0 Å². The highest BCUT2D eigenvalue weighted by Crippen LogP contribution is 2.28. The van der Waals surface area contributed by atoms with Crippen molar-refractivity contribution in [3.05, 3.63) is 36.4 Å². The van der Waals surface area contributed by atoms with Crippen molar-refractivity contribution in [2.45, 2.75) is 20.3 Å². The summed E-state index contributed by atoms with van der Waals surface area (Å²) in [5.74, 6) is 1.84. The lowest BCUT2D eigenvalue weighted by Gasteiger charge is -2.13. The molecule has 0 aromatic heterocycles. The molecule has 0 aliphatic heterocycles. The first-order valence-corrected chi connectivity index (χ1v) is 9.22. The van der Waals surface area contributed by atoms with Crippen molar-refractivity contribution in [2.24, 2.45) is 5.92 Å². The summed E-state index contributed by atoms with van der Waals surface area (Å²) in [5, 5.41) is 0. The molecule has 1 rings (SSSR count). The molecule has 7 heteroatoms. The molecule has 1 aromatic carbocycles. The van der Waals surface area contributed by atoms with E-state index in [1.807, 2.05) is 0 Å². The molecular weight excluding hydrogens is 340 g/mol. The van der Waals surface area contributed by atoms with E-state index in [-0.39, 0.29) is 11.7 Å². The van der Waals surface area contributed by atoms with Gasteiger partial charge in [0.15, 0.2) is 11.5 Å². The minimum absolute atomic E-state index is 0.248. The van der Waals surface area contributed by atoms with Crippen molar-refractivity contribution < 1.29 is 19.1 Å². The van der Waals surface area contributed by atoms with Gasteiger partial charge in [-0.3, -0.25) is 20.4 Å². The Morgan fingerprint density at radius 3 is 2.68 bits per heavy atom. The van der Waals surface area contributed by atoms with Crippen LogP contribution in [0.3, 0.4) is 0 Å². The van der Waals surface area contributed by atoms with Crippen LogP contribution in [0.1, 0.15) is 30.6 Å². The van der Waals surface area contributed by atoms with E-state index >= 15 is 0 Å². The molecule has 0 fully saturated rings. The number of thioether (sulfide) groups is 1. The monoisotopic (exact) mass is 366 g/mol. The van der Waals surface area contributed by atoms with Crippen molar-refractivity contribution in [3.8, 4) is 11.5 Å². The van der Waals surface area contributed by atoms with Crippen LogP contribution >= 0.6 is 11.8 Å². The molecule has 0 radical (unpaired) electrons. The van der Waals surface area contributed by atoms with Gasteiger partial charge in [0.1, 0.15) is 0 Å². The number of carbonyl (C=O) groups excluding carboxylic acids is 2. The number of hydrogen-bond acceptors (Lipinski definition) is 5. The fourth-order valence-corrected chi connectivity index (χ4v) is 2.34. The van der Waals surface area contributed by atoms with Gasteiger partial charge in [0.25, 0.3) is 5.91 Å². The predicted molar refractivity (Wildman–Crippen MR) is 101 cm³/mol. The second kappa shape index (κ2) is 11.4. The standard InChI is InChI=1S/C18H26N2O4S/c1-5-10-25-12-17(21)19-20-18(22)14-6-7-15(16(11-14)23-4)24-9-8-13(2)3/h5-7,11,13H,1,8-10,12H2,2-4H3,(H,19,21)(H,20,22). The van der Waals surface area contributed by atoms with Gasteiger partial charge in [-0.2, -0.15) is 0 Å². The van der Waals surface area contributed by atoms with Crippen LogP contribution in [-0.4, -0.2) is 37.0 Å². The Morgan fingerprint density at radius 1 is 1.28 bits per heavy atom.